The fraction of sp³-hybridized carbons (Fsp3) is 0. The minimum atomic E-state index is -1.20. The van der Waals surface area contributed by atoms with Crippen LogP contribution in [0.15, 0.2) is 0 Å². The molecule has 1 aromatic rings. The first-order chi connectivity index (χ1) is 4.68. The van der Waals surface area contributed by atoms with Gasteiger partial charge in [0, 0.05) is 11.5 Å². The fourth-order valence-electron chi connectivity index (χ4n) is 0.351. The third-order valence-electron chi connectivity index (χ3n) is 0.620. The SMILES string of the molecule is O=C(O)Nc1nsc(Cl)n1. The van der Waals surface area contributed by atoms with Crippen molar-refractivity contribution in [1.29, 1.82) is 0 Å². The fourth-order valence-corrected chi connectivity index (χ4v) is 0.911. The van der Waals surface area contributed by atoms with Gasteiger partial charge in [-0.2, -0.15) is 9.36 Å². The van der Waals surface area contributed by atoms with E-state index in [0.717, 1.165) is 11.5 Å². The van der Waals surface area contributed by atoms with Crippen LogP contribution in [-0.2, 0) is 0 Å². The summed E-state index contributed by atoms with van der Waals surface area (Å²) < 4.78 is 3.77. The first kappa shape index (κ1) is 7.23. The third-order valence-corrected chi connectivity index (χ3v) is 1.42. The van der Waals surface area contributed by atoms with Crippen molar-refractivity contribution in [3.05, 3.63) is 4.47 Å². The Morgan fingerprint density at radius 1 is 1.80 bits per heavy atom. The van der Waals surface area contributed by atoms with Gasteiger partial charge in [0.15, 0.2) is 0 Å². The second-order valence-corrected chi connectivity index (χ2v) is 2.64. The molecule has 10 heavy (non-hydrogen) atoms. The Morgan fingerprint density at radius 2 is 2.50 bits per heavy atom. The average molecular weight is 180 g/mol. The summed E-state index contributed by atoms with van der Waals surface area (Å²) in [5, 5.41) is 10.1. The Kier molecular flexibility index (Phi) is 2.03. The Balaban J connectivity index is 2.67. The van der Waals surface area contributed by atoms with E-state index in [-0.39, 0.29) is 10.4 Å². The van der Waals surface area contributed by atoms with E-state index in [4.69, 9.17) is 16.7 Å². The van der Waals surface area contributed by atoms with E-state index in [1.807, 2.05) is 5.32 Å². The Labute approximate surface area is 64.8 Å². The number of nitrogens with one attached hydrogen (secondary N) is 1. The van der Waals surface area contributed by atoms with E-state index in [1.165, 1.54) is 0 Å². The maximum absolute atomic E-state index is 9.95. The molecular formula is C3H2ClN3O2S. The monoisotopic (exact) mass is 179 g/mol. The van der Waals surface area contributed by atoms with Gasteiger partial charge in [0.1, 0.15) is 0 Å². The van der Waals surface area contributed by atoms with Gasteiger partial charge in [0.2, 0.25) is 10.4 Å². The molecule has 0 fully saturated rings. The summed E-state index contributed by atoms with van der Waals surface area (Å²) in [6.07, 6.45) is -1.20. The molecule has 2 N–H and O–H groups in total. The van der Waals surface area contributed by atoms with Crippen LogP contribution in [0.1, 0.15) is 0 Å². The number of carboxylic acid groups (broad SMARTS) is 1. The molecule has 54 valence electrons. The Bertz CT molecular complexity index is 250. The maximum atomic E-state index is 9.95. The van der Waals surface area contributed by atoms with Crippen molar-refractivity contribution < 1.29 is 9.90 Å². The van der Waals surface area contributed by atoms with E-state index < -0.39 is 6.09 Å². The lowest BCUT2D eigenvalue weighted by Crippen LogP contribution is -2.08. The second kappa shape index (κ2) is 2.80. The van der Waals surface area contributed by atoms with Crippen LogP contribution in [0, 0.1) is 0 Å². The van der Waals surface area contributed by atoms with Gasteiger partial charge in [-0.1, -0.05) is 0 Å². The molecule has 0 bridgehead atoms. The molecule has 0 unspecified atom stereocenters. The molecule has 0 spiro atoms. The number of hydrogen-bond donors (Lipinski definition) is 2. The lowest BCUT2D eigenvalue weighted by atomic mass is 10.9. The summed E-state index contributed by atoms with van der Waals surface area (Å²) in [7, 11) is 0. The molecule has 0 aliphatic rings. The lowest BCUT2D eigenvalue weighted by Gasteiger charge is -1.88. The topological polar surface area (TPSA) is 75.1 Å². The Hall–Kier alpha value is -0.880. The first-order valence-electron chi connectivity index (χ1n) is 2.17. The average Bonchev–Trinajstić information content (AvgIpc) is 2.13. The molecule has 0 aliphatic heterocycles. The molecule has 1 heterocycles. The zero-order valence-corrected chi connectivity index (χ0v) is 6.11. The number of anilines is 1. The summed E-state index contributed by atoms with van der Waals surface area (Å²) in [5.74, 6) is 0.0162. The van der Waals surface area contributed by atoms with Crippen molar-refractivity contribution >= 4 is 35.2 Å². The van der Waals surface area contributed by atoms with Gasteiger partial charge < -0.3 is 5.11 Å². The number of aromatic nitrogens is 2. The summed E-state index contributed by atoms with van der Waals surface area (Å²) in [5.41, 5.74) is 0. The zero-order valence-electron chi connectivity index (χ0n) is 4.54. The van der Waals surface area contributed by atoms with E-state index >= 15 is 0 Å². The summed E-state index contributed by atoms with van der Waals surface area (Å²) >= 11 is 6.28. The highest BCUT2D eigenvalue weighted by Crippen LogP contribution is 2.13. The van der Waals surface area contributed by atoms with Crippen LogP contribution in [0.25, 0.3) is 0 Å². The third kappa shape index (κ3) is 1.82. The second-order valence-electron chi connectivity index (χ2n) is 1.30. The molecule has 5 nitrogen and oxygen atoms in total. The molecule has 1 amide bonds. The van der Waals surface area contributed by atoms with Crippen LogP contribution < -0.4 is 5.32 Å². The number of halogens is 1. The summed E-state index contributed by atoms with van der Waals surface area (Å²) in [6.45, 7) is 0. The molecule has 1 aromatic heterocycles. The number of nitrogens with zero attached hydrogens (tertiary/aromatic N) is 2. The van der Waals surface area contributed by atoms with Crippen LogP contribution >= 0.6 is 23.1 Å². The van der Waals surface area contributed by atoms with Gasteiger partial charge in [0.05, 0.1) is 0 Å². The highest BCUT2D eigenvalue weighted by molar-refractivity contribution is 7.10. The van der Waals surface area contributed by atoms with Crippen molar-refractivity contribution in [2.24, 2.45) is 0 Å². The van der Waals surface area contributed by atoms with Crippen molar-refractivity contribution in [1.82, 2.24) is 9.36 Å². The van der Waals surface area contributed by atoms with Gasteiger partial charge >= 0.3 is 6.09 Å². The van der Waals surface area contributed by atoms with Gasteiger partial charge in [0.25, 0.3) is 0 Å². The van der Waals surface area contributed by atoms with Crippen LogP contribution in [0.2, 0.25) is 4.47 Å². The molecular weight excluding hydrogens is 178 g/mol. The van der Waals surface area contributed by atoms with Crippen molar-refractivity contribution in [3.63, 3.8) is 0 Å². The van der Waals surface area contributed by atoms with E-state index in [2.05, 4.69) is 9.36 Å². The summed E-state index contributed by atoms with van der Waals surface area (Å²) in [4.78, 5) is 13.5. The number of carbonyl (C=O) groups is 1. The van der Waals surface area contributed by atoms with Gasteiger partial charge in [-0.3, -0.25) is 5.32 Å². The standard InChI is InChI=1S/C3H2ClN3O2S/c4-1-5-2(7-10-1)6-3(8)9/h(H,6,7)(H,8,9). The smallest absolute Gasteiger partial charge is 0.411 e. The zero-order chi connectivity index (χ0) is 7.56. The van der Waals surface area contributed by atoms with Crippen LogP contribution in [-0.4, -0.2) is 20.6 Å². The van der Waals surface area contributed by atoms with Crippen molar-refractivity contribution in [2.45, 2.75) is 0 Å². The number of hydrogen-bond acceptors (Lipinski definition) is 4. The predicted molar refractivity (Wildman–Crippen MR) is 36.6 cm³/mol. The maximum Gasteiger partial charge on any atom is 0.411 e. The van der Waals surface area contributed by atoms with Crippen LogP contribution in [0.4, 0.5) is 10.7 Å². The minimum absolute atomic E-state index is 0.0162. The summed E-state index contributed by atoms with van der Waals surface area (Å²) in [6, 6.07) is 0. The molecule has 0 atom stereocenters. The molecule has 1 rings (SSSR count). The Morgan fingerprint density at radius 3 is 2.90 bits per heavy atom. The number of rotatable bonds is 1. The van der Waals surface area contributed by atoms with Gasteiger partial charge in [-0.05, 0) is 11.6 Å². The molecule has 0 aliphatic carbocycles. The number of amides is 1. The largest absolute Gasteiger partial charge is 0.465 e. The minimum Gasteiger partial charge on any atom is -0.465 e. The molecule has 0 aromatic carbocycles. The molecule has 0 saturated carbocycles. The molecule has 0 radical (unpaired) electrons. The first-order valence-corrected chi connectivity index (χ1v) is 3.33. The highest BCUT2D eigenvalue weighted by atomic mass is 35.5. The van der Waals surface area contributed by atoms with Crippen molar-refractivity contribution in [3.8, 4) is 0 Å². The lowest BCUT2D eigenvalue weighted by molar-refractivity contribution is 0.209. The van der Waals surface area contributed by atoms with E-state index in [9.17, 15) is 4.79 Å². The van der Waals surface area contributed by atoms with Crippen LogP contribution in [0.5, 0.6) is 0 Å². The predicted octanol–water partition coefficient (Wildman–Crippen LogP) is 1.28. The molecule has 0 saturated heterocycles. The van der Waals surface area contributed by atoms with Crippen LogP contribution in [0.3, 0.4) is 0 Å². The van der Waals surface area contributed by atoms with E-state index in [0.29, 0.717) is 0 Å². The van der Waals surface area contributed by atoms with Crippen molar-refractivity contribution in [2.75, 3.05) is 5.32 Å². The quantitative estimate of drug-likeness (QED) is 0.681. The highest BCUT2D eigenvalue weighted by Gasteiger charge is 2.02. The van der Waals surface area contributed by atoms with Gasteiger partial charge in [-0.25, -0.2) is 4.79 Å². The normalized spacial score (nSPS) is 9.30. The molecule has 7 heteroatoms. The van der Waals surface area contributed by atoms with E-state index in [1.54, 1.807) is 0 Å². The van der Waals surface area contributed by atoms with Gasteiger partial charge in [-0.15, -0.1) is 0 Å².